The smallest absolute Gasteiger partial charge is 1.00 e. The van der Waals surface area contributed by atoms with Crippen molar-refractivity contribution in [2.45, 2.75) is 18.9 Å². The third-order valence-corrected chi connectivity index (χ3v) is 1.04. The van der Waals surface area contributed by atoms with Gasteiger partial charge in [-0.15, -0.1) is 0 Å². The summed E-state index contributed by atoms with van der Waals surface area (Å²) < 4.78 is 0. The van der Waals surface area contributed by atoms with Gasteiger partial charge in [0.05, 0.1) is 0 Å². The molecule has 0 spiro atoms. The molecule has 1 atom stereocenters. The molecular formula is C5H13KN2O2. The summed E-state index contributed by atoms with van der Waals surface area (Å²) >= 11 is 0. The largest absolute Gasteiger partial charge is 1.00 e. The van der Waals surface area contributed by atoms with Crippen LogP contribution in [0, 0.1) is 0 Å². The fraction of sp³-hybridized carbons (Fsp3) is 0.800. The van der Waals surface area contributed by atoms with Crippen LogP contribution in [0.15, 0.2) is 0 Å². The molecule has 0 aromatic carbocycles. The average molecular weight is 172 g/mol. The summed E-state index contributed by atoms with van der Waals surface area (Å²) in [5.74, 6) is -0.955. The number of carbonyl (C=O) groups is 1. The minimum atomic E-state index is -0.955. The van der Waals surface area contributed by atoms with E-state index < -0.39 is 12.0 Å². The van der Waals surface area contributed by atoms with Crippen molar-refractivity contribution in [2.24, 2.45) is 11.5 Å². The zero-order valence-corrected chi connectivity index (χ0v) is 9.33. The summed E-state index contributed by atoms with van der Waals surface area (Å²) in [7, 11) is 0. The third-order valence-electron chi connectivity index (χ3n) is 1.04. The summed E-state index contributed by atoms with van der Waals surface area (Å²) in [6.45, 7) is 0.501. The van der Waals surface area contributed by atoms with Gasteiger partial charge >= 0.3 is 57.4 Å². The van der Waals surface area contributed by atoms with E-state index in [2.05, 4.69) is 0 Å². The van der Waals surface area contributed by atoms with Crippen LogP contribution in [0.25, 0.3) is 0 Å². The molecule has 0 amide bonds. The first-order valence-electron chi connectivity index (χ1n) is 2.87. The fourth-order valence-electron chi connectivity index (χ4n) is 0.461. The fourth-order valence-corrected chi connectivity index (χ4v) is 0.461. The van der Waals surface area contributed by atoms with E-state index in [0.717, 1.165) is 0 Å². The first kappa shape index (κ1) is 13.6. The van der Waals surface area contributed by atoms with Gasteiger partial charge in [0.15, 0.2) is 0 Å². The second kappa shape index (κ2) is 8.13. The quantitative estimate of drug-likeness (QED) is 0.380. The summed E-state index contributed by atoms with van der Waals surface area (Å²) in [6.07, 6.45) is 1.14. The molecule has 0 rings (SSSR count). The Balaban J connectivity index is -0.000000320. The minimum absolute atomic E-state index is 0. The minimum Gasteiger partial charge on any atom is -1.00 e. The van der Waals surface area contributed by atoms with E-state index in [4.69, 9.17) is 16.6 Å². The van der Waals surface area contributed by atoms with Crippen molar-refractivity contribution in [2.75, 3.05) is 6.54 Å². The Kier molecular flexibility index (Phi) is 11.1. The second-order valence-electron chi connectivity index (χ2n) is 1.88. The van der Waals surface area contributed by atoms with Crippen molar-refractivity contribution in [3.05, 3.63) is 0 Å². The summed E-state index contributed by atoms with van der Waals surface area (Å²) in [4.78, 5) is 10.0. The molecule has 0 aromatic rings. The van der Waals surface area contributed by atoms with Gasteiger partial charge < -0.3 is 18.0 Å². The van der Waals surface area contributed by atoms with E-state index in [1.807, 2.05) is 0 Å². The van der Waals surface area contributed by atoms with E-state index in [1.54, 1.807) is 0 Å². The zero-order valence-electron chi connectivity index (χ0n) is 7.21. The molecule has 1 unspecified atom stereocenters. The van der Waals surface area contributed by atoms with Crippen LogP contribution in [0.2, 0.25) is 0 Å². The maximum atomic E-state index is 10.0. The molecule has 0 bridgehead atoms. The second-order valence-corrected chi connectivity index (χ2v) is 1.88. The molecule has 0 heterocycles. The van der Waals surface area contributed by atoms with Crippen molar-refractivity contribution in [3.8, 4) is 0 Å². The average Bonchev–Trinajstić information content (AvgIpc) is 1.82. The van der Waals surface area contributed by atoms with Gasteiger partial charge in [-0.25, -0.2) is 0 Å². The molecule has 0 aliphatic carbocycles. The van der Waals surface area contributed by atoms with Gasteiger partial charge in [-0.05, 0) is 19.4 Å². The first-order valence-corrected chi connectivity index (χ1v) is 2.87. The Labute approximate surface area is 104 Å². The Hall–Kier alpha value is 1.03. The van der Waals surface area contributed by atoms with Crippen LogP contribution in [-0.4, -0.2) is 23.7 Å². The predicted molar refractivity (Wildman–Crippen MR) is 35.0 cm³/mol. The van der Waals surface area contributed by atoms with E-state index in [9.17, 15) is 4.79 Å². The molecule has 56 valence electrons. The Morgan fingerprint density at radius 3 is 2.50 bits per heavy atom. The molecule has 5 N–H and O–H groups in total. The van der Waals surface area contributed by atoms with Crippen LogP contribution < -0.4 is 62.9 Å². The number of hydrogen-bond acceptors (Lipinski definition) is 3. The molecule has 10 heavy (non-hydrogen) atoms. The molecule has 0 aliphatic rings. The van der Waals surface area contributed by atoms with Crippen LogP contribution in [0.3, 0.4) is 0 Å². The SMILES string of the molecule is NCCCC(N)C(=O)O.[H-].[K+]. The number of carboxylic acids is 1. The van der Waals surface area contributed by atoms with Gasteiger partial charge in [-0.1, -0.05) is 0 Å². The van der Waals surface area contributed by atoms with Gasteiger partial charge in [-0.2, -0.15) is 0 Å². The number of aliphatic carboxylic acids is 1. The molecule has 0 radical (unpaired) electrons. The third kappa shape index (κ3) is 7.14. The van der Waals surface area contributed by atoms with Crippen molar-refractivity contribution in [3.63, 3.8) is 0 Å². The first-order chi connectivity index (χ1) is 4.18. The van der Waals surface area contributed by atoms with Crippen LogP contribution in [-0.2, 0) is 4.79 Å². The van der Waals surface area contributed by atoms with Crippen LogP contribution in [0.4, 0.5) is 0 Å². The van der Waals surface area contributed by atoms with Gasteiger partial charge in [-0.3, -0.25) is 4.79 Å². The molecule has 4 nitrogen and oxygen atoms in total. The van der Waals surface area contributed by atoms with Gasteiger partial charge in [0.2, 0.25) is 0 Å². The van der Waals surface area contributed by atoms with Crippen molar-refractivity contribution < 1.29 is 62.7 Å². The van der Waals surface area contributed by atoms with Crippen molar-refractivity contribution >= 4 is 5.97 Å². The van der Waals surface area contributed by atoms with Gasteiger partial charge in [0, 0.05) is 0 Å². The van der Waals surface area contributed by atoms with Crippen LogP contribution in [0.5, 0.6) is 0 Å². The Bertz CT molecular complexity index is 104. The molecule has 0 aromatic heterocycles. The maximum absolute atomic E-state index is 10.0. The Morgan fingerprint density at radius 1 is 1.70 bits per heavy atom. The molecule has 0 saturated carbocycles. The number of rotatable bonds is 4. The van der Waals surface area contributed by atoms with Gasteiger partial charge in [0.1, 0.15) is 6.04 Å². The molecule has 0 fully saturated rings. The number of nitrogens with two attached hydrogens (primary N) is 2. The topological polar surface area (TPSA) is 89.3 Å². The van der Waals surface area contributed by atoms with Crippen LogP contribution in [0.1, 0.15) is 14.3 Å². The monoisotopic (exact) mass is 172 g/mol. The van der Waals surface area contributed by atoms with E-state index in [0.29, 0.717) is 19.4 Å². The molecule has 0 saturated heterocycles. The van der Waals surface area contributed by atoms with Crippen molar-refractivity contribution in [1.29, 1.82) is 0 Å². The number of hydrogen-bond donors (Lipinski definition) is 3. The maximum Gasteiger partial charge on any atom is 1.00 e. The number of carboxylic acid groups (broad SMARTS) is 1. The van der Waals surface area contributed by atoms with Gasteiger partial charge in [0.25, 0.3) is 0 Å². The summed E-state index contributed by atoms with van der Waals surface area (Å²) in [6, 6.07) is -0.742. The zero-order chi connectivity index (χ0) is 7.28. The predicted octanol–water partition coefficient (Wildman–Crippen LogP) is -3.75. The summed E-state index contributed by atoms with van der Waals surface area (Å²) in [5.41, 5.74) is 10.3. The Morgan fingerprint density at radius 2 is 2.20 bits per heavy atom. The molecule has 0 aliphatic heterocycles. The van der Waals surface area contributed by atoms with Crippen molar-refractivity contribution in [1.82, 2.24) is 0 Å². The van der Waals surface area contributed by atoms with E-state index >= 15 is 0 Å². The molecule has 5 heteroatoms. The molecular weight excluding hydrogens is 159 g/mol. The summed E-state index contributed by atoms with van der Waals surface area (Å²) in [5, 5.41) is 8.24. The van der Waals surface area contributed by atoms with E-state index in [-0.39, 0.29) is 52.8 Å². The van der Waals surface area contributed by atoms with Crippen LogP contribution >= 0.6 is 0 Å². The normalized spacial score (nSPS) is 11.8. The van der Waals surface area contributed by atoms with E-state index in [1.165, 1.54) is 0 Å². The standard InChI is InChI=1S/C5H12N2O2.K.H/c6-3-1-2-4(7)5(8)9;;/h4H,1-3,6-7H2,(H,8,9);;/q;+1;-1.